The molecular formula is C25H32BrClFN4O5S2Si-. The Hall–Kier alpha value is -1.81. The topological polar surface area (TPSA) is 128 Å². The summed E-state index contributed by atoms with van der Waals surface area (Å²) < 4.78 is 50.9. The summed E-state index contributed by atoms with van der Waals surface area (Å²) in [5.74, 6) is -2.17. The number of nitrogens with two attached hydrogens (primary N) is 1. The highest BCUT2D eigenvalue weighted by Gasteiger charge is 2.42. The number of halogens is 3. The van der Waals surface area contributed by atoms with Crippen molar-refractivity contribution >= 4 is 80.5 Å². The predicted octanol–water partition coefficient (Wildman–Crippen LogP) is 6.02. The molecule has 1 aliphatic heterocycles. The van der Waals surface area contributed by atoms with Gasteiger partial charge in [0.05, 0.1) is 20.9 Å². The highest BCUT2D eigenvalue weighted by Crippen LogP contribution is 2.47. The summed E-state index contributed by atoms with van der Waals surface area (Å²) in [6.07, 6.45) is 0.434. The van der Waals surface area contributed by atoms with Crippen molar-refractivity contribution in [3.05, 3.63) is 50.9 Å². The lowest BCUT2D eigenvalue weighted by atomic mass is 9.97. The number of nitrogens with one attached hydrogen (secondary N) is 1. The maximum Gasteiger partial charge on any atom is 0.269 e. The number of thiocarbonyl (C=S) groups is 1. The number of carbonyl (C=O) groups is 1. The van der Waals surface area contributed by atoms with Gasteiger partial charge in [-0.25, -0.2) is 17.5 Å². The maximum atomic E-state index is 14.6. The van der Waals surface area contributed by atoms with E-state index in [0.717, 1.165) is 5.06 Å². The van der Waals surface area contributed by atoms with Gasteiger partial charge in [-0.3, -0.25) is 9.69 Å². The molecule has 0 unspecified atom stereocenters. The van der Waals surface area contributed by atoms with Crippen molar-refractivity contribution in [1.29, 1.82) is 0 Å². The van der Waals surface area contributed by atoms with Crippen molar-refractivity contribution in [2.45, 2.75) is 56.6 Å². The van der Waals surface area contributed by atoms with E-state index in [2.05, 4.69) is 20.7 Å². The molecule has 40 heavy (non-hydrogen) atoms. The first kappa shape index (κ1) is 32.7. The normalized spacial score (nSPS) is 15.5. The molecule has 1 amide bonds. The number of carbonyl (C=O) groups excluding carboxylic acids is 1. The smallest absolute Gasteiger partial charge is 0.269 e. The summed E-state index contributed by atoms with van der Waals surface area (Å²) in [6.45, 7) is 9.97. The molecule has 0 spiro atoms. The largest absolute Gasteiger partial charge is 0.785 e. The van der Waals surface area contributed by atoms with Gasteiger partial charge in [-0.15, -0.1) is 0 Å². The third kappa shape index (κ3) is 6.97. The standard InChI is InChI=1S/C25H32BrClFN4O5S2Si/c1-25(2,3)40(4,5)37-21-19(32(24(29)38)18-8-6-7-17(28)20(18)26)10-9-16(27)22(21)39(35,36)30-23(33)15-11-13-31(34)14-12-15/h6-10,15H,11-14H2,1-5H3,(H2,29,38)(H,30,33)/q-1. The lowest BCUT2D eigenvalue weighted by molar-refractivity contribution is -0.124. The van der Waals surface area contributed by atoms with Crippen molar-refractivity contribution in [2.75, 3.05) is 18.0 Å². The molecule has 2 aromatic rings. The Bertz CT molecular complexity index is 1420. The monoisotopic (exact) mass is 693 g/mol. The molecule has 1 heterocycles. The zero-order chi connectivity index (χ0) is 30.2. The number of piperidine rings is 1. The average molecular weight is 695 g/mol. The van der Waals surface area contributed by atoms with Crippen molar-refractivity contribution in [2.24, 2.45) is 11.7 Å². The van der Waals surface area contributed by atoms with Crippen molar-refractivity contribution in [3.8, 4) is 5.75 Å². The van der Waals surface area contributed by atoms with Crippen LogP contribution in [0.2, 0.25) is 23.2 Å². The SMILES string of the molecule is CC(C)(C)[Si](C)(C)Oc1c(N(C(N)=S)c2cccc(F)c2Br)ccc(Cl)c1S(=O)(=O)NC(=O)C1CCN([O-])CC1. The van der Waals surface area contributed by atoms with E-state index >= 15 is 0 Å². The lowest BCUT2D eigenvalue weighted by Gasteiger charge is -2.39. The molecule has 0 atom stereocenters. The van der Waals surface area contributed by atoms with Crippen LogP contribution in [-0.4, -0.2) is 45.9 Å². The van der Waals surface area contributed by atoms with E-state index in [1.807, 2.05) is 33.9 Å². The van der Waals surface area contributed by atoms with Crippen LogP contribution in [0, 0.1) is 16.9 Å². The second-order valence-corrected chi connectivity index (χ2v) is 19.0. The number of sulfonamides is 1. The van der Waals surface area contributed by atoms with Crippen LogP contribution in [0.15, 0.2) is 39.7 Å². The van der Waals surface area contributed by atoms with Gasteiger partial charge in [-0.05, 0) is 96.5 Å². The minimum absolute atomic E-state index is 0.0402. The molecule has 15 heteroatoms. The van der Waals surface area contributed by atoms with Gasteiger partial charge < -0.3 is 20.4 Å². The van der Waals surface area contributed by atoms with E-state index in [1.165, 1.54) is 29.2 Å². The molecule has 1 aliphatic rings. The van der Waals surface area contributed by atoms with E-state index in [0.29, 0.717) is 0 Å². The fourth-order valence-corrected chi connectivity index (χ4v) is 7.32. The van der Waals surface area contributed by atoms with Crippen molar-refractivity contribution < 1.29 is 22.0 Å². The van der Waals surface area contributed by atoms with Gasteiger partial charge in [-0.2, -0.15) is 0 Å². The maximum absolute atomic E-state index is 14.6. The fraction of sp³-hybridized carbons (Fsp3) is 0.440. The van der Waals surface area contributed by atoms with E-state index < -0.39 is 40.9 Å². The van der Waals surface area contributed by atoms with Crippen LogP contribution in [-0.2, 0) is 14.8 Å². The molecule has 9 nitrogen and oxygen atoms in total. The van der Waals surface area contributed by atoms with Crippen molar-refractivity contribution in [3.63, 3.8) is 0 Å². The van der Waals surface area contributed by atoms with Gasteiger partial charge in [0, 0.05) is 5.92 Å². The van der Waals surface area contributed by atoms with Crippen LogP contribution in [0.5, 0.6) is 5.75 Å². The van der Waals surface area contributed by atoms with E-state index in [-0.39, 0.29) is 62.7 Å². The molecule has 0 aromatic heterocycles. The zero-order valence-electron chi connectivity index (χ0n) is 22.8. The van der Waals surface area contributed by atoms with E-state index in [9.17, 15) is 22.8 Å². The van der Waals surface area contributed by atoms with Crippen LogP contribution in [0.25, 0.3) is 0 Å². The third-order valence-electron chi connectivity index (χ3n) is 7.17. The molecule has 3 N–H and O–H groups in total. The number of rotatable bonds is 7. The molecule has 0 saturated carbocycles. The van der Waals surface area contributed by atoms with Gasteiger partial charge in [0.25, 0.3) is 18.3 Å². The van der Waals surface area contributed by atoms with Crippen molar-refractivity contribution in [1.82, 2.24) is 9.79 Å². The van der Waals surface area contributed by atoms with E-state index in [4.69, 9.17) is 34.0 Å². The summed E-state index contributed by atoms with van der Waals surface area (Å²) in [5, 5.41) is 11.6. The quantitative estimate of drug-likeness (QED) is 0.264. The minimum atomic E-state index is -4.61. The zero-order valence-corrected chi connectivity index (χ0v) is 27.7. The second kappa shape index (κ2) is 12.2. The molecule has 0 radical (unpaired) electrons. The molecule has 0 aliphatic carbocycles. The molecular weight excluding hydrogens is 663 g/mol. The van der Waals surface area contributed by atoms with Crippen LogP contribution < -0.4 is 19.8 Å². The molecule has 0 bridgehead atoms. The third-order valence-corrected chi connectivity index (χ3v) is 14.3. The number of benzene rings is 2. The first-order valence-electron chi connectivity index (χ1n) is 12.4. The Morgan fingerprint density at radius 1 is 1.25 bits per heavy atom. The molecule has 1 saturated heterocycles. The highest BCUT2D eigenvalue weighted by atomic mass is 79.9. The van der Waals surface area contributed by atoms with Crippen LogP contribution in [0.1, 0.15) is 33.6 Å². The lowest BCUT2D eigenvalue weighted by Crippen LogP contribution is -2.45. The minimum Gasteiger partial charge on any atom is -0.785 e. The molecule has 1 fully saturated rings. The first-order valence-corrected chi connectivity index (χ1v) is 18.4. The number of hydrogen-bond acceptors (Lipinski definition) is 7. The first-order chi connectivity index (χ1) is 18.4. The van der Waals surface area contributed by atoms with E-state index in [1.54, 1.807) is 6.07 Å². The Labute approximate surface area is 254 Å². The second-order valence-electron chi connectivity index (χ2n) is 11.0. The Kier molecular flexibility index (Phi) is 9.97. The Balaban J connectivity index is 2.25. The summed E-state index contributed by atoms with van der Waals surface area (Å²) in [7, 11) is -7.38. The summed E-state index contributed by atoms with van der Waals surface area (Å²) in [4.78, 5) is 13.8. The Morgan fingerprint density at radius 2 is 1.85 bits per heavy atom. The average Bonchev–Trinajstić information content (AvgIpc) is 2.82. The van der Waals surface area contributed by atoms with Gasteiger partial charge >= 0.3 is 0 Å². The van der Waals surface area contributed by atoms with Gasteiger partial charge in [-0.1, -0.05) is 38.4 Å². The fourth-order valence-electron chi connectivity index (χ4n) is 3.88. The summed E-state index contributed by atoms with van der Waals surface area (Å²) >= 11 is 15.1. The highest BCUT2D eigenvalue weighted by molar-refractivity contribution is 9.10. The van der Waals surface area contributed by atoms with Crippen LogP contribution >= 0.6 is 39.7 Å². The molecule has 2 aromatic carbocycles. The number of nitrogens with zero attached hydrogens (tertiary/aromatic N) is 2. The predicted molar refractivity (Wildman–Crippen MR) is 165 cm³/mol. The van der Waals surface area contributed by atoms with Gasteiger partial charge in [0.15, 0.2) is 10.9 Å². The Morgan fingerprint density at radius 3 is 2.40 bits per heavy atom. The molecule has 3 rings (SSSR count). The summed E-state index contributed by atoms with van der Waals surface area (Å²) in [5.41, 5.74) is 6.41. The number of anilines is 2. The van der Waals surface area contributed by atoms with Gasteiger partial charge in [0.2, 0.25) is 5.91 Å². The van der Waals surface area contributed by atoms with Crippen LogP contribution in [0.3, 0.4) is 0 Å². The van der Waals surface area contributed by atoms with Gasteiger partial charge in [0.1, 0.15) is 10.7 Å². The summed E-state index contributed by atoms with van der Waals surface area (Å²) in [6, 6.07) is 7.05. The van der Waals surface area contributed by atoms with Crippen LogP contribution in [0.4, 0.5) is 15.8 Å². The number of amides is 1. The number of hydrogen-bond donors (Lipinski definition) is 2. The number of hydroxylamine groups is 2. The molecule has 220 valence electrons.